The maximum atomic E-state index is 9.87. The number of piperidine rings is 1. The Bertz CT molecular complexity index is 389. The van der Waals surface area contributed by atoms with Gasteiger partial charge in [-0.1, -0.05) is 0 Å². The summed E-state index contributed by atoms with van der Waals surface area (Å²) in [6, 6.07) is 2.34. The van der Waals surface area contributed by atoms with E-state index in [0.29, 0.717) is 11.9 Å². The van der Waals surface area contributed by atoms with Crippen molar-refractivity contribution in [3.05, 3.63) is 16.7 Å². The second kappa shape index (κ2) is 5.23. The molecule has 0 aliphatic carbocycles. The lowest BCUT2D eigenvalue weighted by molar-refractivity contribution is 0.249. The summed E-state index contributed by atoms with van der Waals surface area (Å²) >= 11 is 3.30. The molecule has 17 heavy (non-hydrogen) atoms. The van der Waals surface area contributed by atoms with Gasteiger partial charge in [-0.25, -0.2) is 4.98 Å². The predicted octanol–water partition coefficient (Wildman–Crippen LogP) is 2.08. The summed E-state index contributed by atoms with van der Waals surface area (Å²) in [5.41, 5.74) is 0. The van der Waals surface area contributed by atoms with Crippen LogP contribution in [-0.2, 0) is 0 Å². The van der Waals surface area contributed by atoms with E-state index < -0.39 is 0 Å². The van der Waals surface area contributed by atoms with E-state index >= 15 is 0 Å². The average molecular weight is 300 g/mol. The van der Waals surface area contributed by atoms with Crippen molar-refractivity contribution in [1.29, 1.82) is 0 Å². The predicted molar refractivity (Wildman–Crippen MR) is 72.5 cm³/mol. The van der Waals surface area contributed by atoms with E-state index in [1.165, 1.54) is 0 Å². The molecule has 1 saturated heterocycles. The van der Waals surface area contributed by atoms with Gasteiger partial charge in [0, 0.05) is 29.8 Å². The van der Waals surface area contributed by atoms with Crippen LogP contribution < -0.4 is 4.90 Å². The first-order valence-corrected chi connectivity index (χ1v) is 6.63. The molecular weight excluding hydrogens is 282 g/mol. The van der Waals surface area contributed by atoms with Crippen LogP contribution in [0.3, 0.4) is 0 Å². The molecular formula is C12H18BrN3O. The molecule has 1 aromatic rings. The van der Waals surface area contributed by atoms with E-state index in [0.717, 1.165) is 30.4 Å². The number of halogens is 1. The summed E-state index contributed by atoms with van der Waals surface area (Å²) in [4.78, 5) is 8.71. The van der Waals surface area contributed by atoms with Crippen molar-refractivity contribution in [1.82, 2.24) is 9.88 Å². The minimum Gasteiger partial charge on any atom is -0.504 e. The Morgan fingerprint density at radius 2 is 2.06 bits per heavy atom. The molecule has 0 amide bonds. The van der Waals surface area contributed by atoms with Gasteiger partial charge in [0.2, 0.25) is 0 Å². The molecule has 1 N–H and O–H groups in total. The summed E-state index contributed by atoms with van der Waals surface area (Å²) in [6.45, 7) is 1.90. The second-order valence-corrected chi connectivity index (χ2v) is 5.59. The third-order valence-electron chi connectivity index (χ3n) is 3.31. The maximum Gasteiger partial charge on any atom is 0.171 e. The van der Waals surface area contributed by atoms with Gasteiger partial charge in [0.25, 0.3) is 0 Å². The van der Waals surface area contributed by atoms with Crippen LogP contribution in [0.15, 0.2) is 16.7 Å². The molecule has 0 radical (unpaired) electrons. The van der Waals surface area contributed by atoms with Gasteiger partial charge in [-0.15, -0.1) is 0 Å². The molecule has 0 bridgehead atoms. The molecule has 0 unspecified atom stereocenters. The van der Waals surface area contributed by atoms with E-state index in [4.69, 9.17) is 0 Å². The Labute approximate surface area is 110 Å². The lowest BCUT2D eigenvalue weighted by Crippen LogP contribution is -2.42. The Balaban J connectivity index is 2.05. The quantitative estimate of drug-likeness (QED) is 0.908. The Hall–Kier alpha value is -0.810. The lowest BCUT2D eigenvalue weighted by atomic mass is 10.0. The molecule has 94 valence electrons. The highest BCUT2D eigenvalue weighted by Gasteiger charge is 2.22. The summed E-state index contributed by atoms with van der Waals surface area (Å²) < 4.78 is 0.807. The van der Waals surface area contributed by atoms with E-state index in [9.17, 15) is 5.11 Å². The zero-order valence-corrected chi connectivity index (χ0v) is 11.8. The number of pyridine rings is 1. The van der Waals surface area contributed by atoms with Crippen molar-refractivity contribution in [3.8, 4) is 5.75 Å². The topological polar surface area (TPSA) is 39.6 Å². The summed E-state index contributed by atoms with van der Waals surface area (Å²) in [6.07, 6.45) is 3.96. The summed E-state index contributed by atoms with van der Waals surface area (Å²) in [5.74, 6) is 0.952. The molecule has 1 fully saturated rings. The number of anilines is 1. The lowest BCUT2D eigenvalue weighted by Gasteiger charge is -2.35. The minimum atomic E-state index is 0.252. The van der Waals surface area contributed by atoms with Gasteiger partial charge in [-0.2, -0.15) is 0 Å². The van der Waals surface area contributed by atoms with E-state index in [2.05, 4.69) is 44.8 Å². The maximum absolute atomic E-state index is 9.87. The number of rotatable bonds is 2. The molecule has 5 heteroatoms. The van der Waals surface area contributed by atoms with Gasteiger partial charge in [-0.05, 0) is 48.9 Å². The number of aromatic hydroxyl groups is 1. The monoisotopic (exact) mass is 299 g/mol. The largest absolute Gasteiger partial charge is 0.504 e. The Morgan fingerprint density at radius 3 is 2.59 bits per heavy atom. The van der Waals surface area contributed by atoms with Gasteiger partial charge in [0.1, 0.15) is 0 Å². The van der Waals surface area contributed by atoms with Crippen LogP contribution in [0.4, 0.5) is 5.82 Å². The number of aromatic nitrogens is 1. The van der Waals surface area contributed by atoms with Crippen LogP contribution in [0.2, 0.25) is 0 Å². The van der Waals surface area contributed by atoms with Crippen LogP contribution in [0.25, 0.3) is 0 Å². The van der Waals surface area contributed by atoms with E-state index in [1.807, 2.05) is 0 Å². The van der Waals surface area contributed by atoms with Crippen molar-refractivity contribution in [2.75, 3.05) is 32.1 Å². The molecule has 0 saturated carbocycles. The average Bonchev–Trinajstić information content (AvgIpc) is 2.29. The Morgan fingerprint density at radius 1 is 1.41 bits per heavy atom. The van der Waals surface area contributed by atoms with E-state index in [1.54, 1.807) is 12.3 Å². The summed E-state index contributed by atoms with van der Waals surface area (Å²) in [5, 5.41) is 9.87. The molecule has 2 rings (SSSR count). The van der Waals surface area contributed by atoms with Gasteiger partial charge < -0.3 is 14.9 Å². The first-order valence-electron chi connectivity index (χ1n) is 5.84. The standard InChI is InChI=1S/C12H18BrN3O/c1-15(2)10-3-5-16(6-4-10)12-11(17)7-9(13)8-14-12/h7-8,10,17H,3-6H2,1-2H3. The van der Waals surface area contributed by atoms with Gasteiger partial charge in [0.05, 0.1) is 0 Å². The van der Waals surface area contributed by atoms with Gasteiger partial charge in [0.15, 0.2) is 11.6 Å². The molecule has 1 aliphatic heterocycles. The van der Waals surface area contributed by atoms with Crippen molar-refractivity contribution >= 4 is 21.7 Å². The fourth-order valence-electron chi connectivity index (χ4n) is 2.26. The molecule has 1 aromatic heterocycles. The molecule has 0 spiro atoms. The van der Waals surface area contributed by atoms with Crippen LogP contribution in [0, 0.1) is 0 Å². The smallest absolute Gasteiger partial charge is 0.171 e. The molecule has 4 nitrogen and oxygen atoms in total. The fraction of sp³-hybridized carbons (Fsp3) is 0.583. The number of nitrogens with zero attached hydrogens (tertiary/aromatic N) is 3. The highest BCUT2D eigenvalue weighted by atomic mass is 79.9. The van der Waals surface area contributed by atoms with Crippen molar-refractivity contribution in [3.63, 3.8) is 0 Å². The molecule has 1 aliphatic rings. The number of hydrogen-bond donors (Lipinski definition) is 1. The zero-order valence-electron chi connectivity index (χ0n) is 10.2. The SMILES string of the molecule is CN(C)C1CCN(c2ncc(Br)cc2O)CC1. The van der Waals surface area contributed by atoms with E-state index in [-0.39, 0.29) is 5.75 Å². The van der Waals surface area contributed by atoms with Crippen LogP contribution in [0.1, 0.15) is 12.8 Å². The third-order valence-corrected chi connectivity index (χ3v) is 3.74. The van der Waals surface area contributed by atoms with Crippen molar-refractivity contribution < 1.29 is 5.11 Å². The third kappa shape index (κ3) is 2.90. The zero-order chi connectivity index (χ0) is 12.4. The van der Waals surface area contributed by atoms with Gasteiger partial charge >= 0.3 is 0 Å². The Kier molecular flexibility index (Phi) is 3.89. The first kappa shape index (κ1) is 12.6. The highest BCUT2D eigenvalue weighted by Crippen LogP contribution is 2.29. The van der Waals surface area contributed by atoms with Crippen molar-refractivity contribution in [2.24, 2.45) is 0 Å². The second-order valence-electron chi connectivity index (χ2n) is 4.68. The molecule has 0 aromatic carbocycles. The van der Waals surface area contributed by atoms with Crippen molar-refractivity contribution in [2.45, 2.75) is 18.9 Å². The highest BCUT2D eigenvalue weighted by molar-refractivity contribution is 9.10. The van der Waals surface area contributed by atoms with Crippen LogP contribution in [0.5, 0.6) is 5.75 Å². The van der Waals surface area contributed by atoms with Crippen LogP contribution >= 0.6 is 15.9 Å². The fourth-order valence-corrected chi connectivity index (χ4v) is 2.58. The summed E-state index contributed by atoms with van der Waals surface area (Å²) in [7, 11) is 4.24. The molecule has 2 heterocycles. The first-order chi connectivity index (χ1) is 8.08. The van der Waals surface area contributed by atoms with Gasteiger partial charge in [-0.3, -0.25) is 0 Å². The molecule has 0 atom stereocenters. The van der Waals surface area contributed by atoms with Crippen LogP contribution in [-0.4, -0.2) is 48.2 Å². The minimum absolute atomic E-state index is 0.252. The normalized spacial score (nSPS) is 17.8. The number of hydrogen-bond acceptors (Lipinski definition) is 4.